The van der Waals surface area contributed by atoms with Crippen molar-refractivity contribution in [2.45, 2.75) is 37.8 Å². The third-order valence-electron chi connectivity index (χ3n) is 3.92. The molecule has 4 nitrogen and oxygen atoms in total. The first-order valence-electron chi connectivity index (χ1n) is 7.07. The Balaban J connectivity index is 1.79. The summed E-state index contributed by atoms with van der Waals surface area (Å²) in [4.78, 5) is 16.6. The average molecular weight is 270 g/mol. The summed E-state index contributed by atoms with van der Waals surface area (Å²) >= 11 is 0. The van der Waals surface area contributed by atoms with Crippen LogP contribution >= 0.6 is 0 Å². The maximum atomic E-state index is 12.4. The fourth-order valence-corrected chi connectivity index (χ4v) is 2.77. The summed E-state index contributed by atoms with van der Waals surface area (Å²) in [6, 6.07) is 9.81. The number of aliphatic hydroxyl groups excluding tert-OH is 1. The first kappa shape index (κ1) is 13.1. The second-order valence-corrected chi connectivity index (χ2v) is 5.36. The number of fused-ring (bicyclic) bond motifs is 1. The van der Waals surface area contributed by atoms with Crippen molar-refractivity contribution in [2.24, 2.45) is 0 Å². The molecule has 1 aromatic heterocycles. The molecule has 0 saturated heterocycles. The average Bonchev–Trinajstić information content (AvgIpc) is 2.49. The number of nitrogens with zero attached hydrogens (tertiary/aromatic N) is 1. The maximum Gasteiger partial charge on any atom is 0.270 e. The molecule has 0 aliphatic heterocycles. The van der Waals surface area contributed by atoms with Gasteiger partial charge in [0.2, 0.25) is 0 Å². The highest BCUT2D eigenvalue weighted by atomic mass is 16.3. The second kappa shape index (κ2) is 5.59. The van der Waals surface area contributed by atoms with Gasteiger partial charge < -0.3 is 10.4 Å². The van der Waals surface area contributed by atoms with Crippen LogP contribution in [0.1, 0.15) is 36.2 Å². The summed E-state index contributed by atoms with van der Waals surface area (Å²) < 4.78 is 0. The molecule has 0 atom stereocenters. The van der Waals surface area contributed by atoms with Gasteiger partial charge in [0.1, 0.15) is 5.69 Å². The van der Waals surface area contributed by atoms with Gasteiger partial charge in [0, 0.05) is 17.6 Å². The van der Waals surface area contributed by atoms with E-state index in [1.165, 1.54) is 0 Å². The molecule has 1 fully saturated rings. The molecule has 20 heavy (non-hydrogen) atoms. The number of hydrogen-bond donors (Lipinski definition) is 2. The lowest BCUT2D eigenvalue weighted by atomic mass is 9.93. The lowest BCUT2D eigenvalue weighted by Gasteiger charge is -2.26. The van der Waals surface area contributed by atoms with E-state index in [0.29, 0.717) is 5.69 Å². The van der Waals surface area contributed by atoms with Crippen LogP contribution in [0, 0.1) is 0 Å². The first-order chi connectivity index (χ1) is 9.74. The van der Waals surface area contributed by atoms with Gasteiger partial charge in [0.05, 0.1) is 6.10 Å². The van der Waals surface area contributed by atoms with Gasteiger partial charge in [0.25, 0.3) is 5.91 Å². The van der Waals surface area contributed by atoms with Gasteiger partial charge in [-0.2, -0.15) is 0 Å². The quantitative estimate of drug-likeness (QED) is 0.880. The topological polar surface area (TPSA) is 62.2 Å². The molecule has 1 aromatic carbocycles. The lowest BCUT2D eigenvalue weighted by Crippen LogP contribution is -2.39. The molecular weight excluding hydrogens is 252 g/mol. The monoisotopic (exact) mass is 270 g/mol. The minimum absolute atomic E-state index is 0.122. The van der Waals surface area contributed by atoms with Gasteiger partial charge in [0.15, 0.2) is 0 Å². The number of rotatable bonds is 2. The summed E-state index contributed by atoms with van der Waals surface area (Å²) in [5, 5.41) is 14.4. The molecular formula is C16H18N2O2. The van der Waals surface area contributed by atoms with Crippen LogP contribution in [0.2, 0.25) is 0 Å². The highest BCUT2D eigenvalue weighted by Crippen LogP contribution is 2.20. The van der Waals surface area contributed by atoms with E-state index in [-0.39, 0.29) is 18.1 Å². The number of carbonyl (C=O) groups is 1. The molecule has 4 heteroatoms. The lowest BCUT2D eigenvalue weighted by molar-refractivity contribution is 0.0865. The molecule has 3 rings (SSSR count). The predicted molar refractivity (Wildman–Crippen MR) is 77.5 cm³/mol. The van der Waals surface area contributed by atoms with E-state index in [4.69, 9.17) is 0 Å². The van der Waals surface area contributed by atoms with Crippen molar-refractivity contribution in [2.75, 3.05) is 0 Å². The van der Waals surface area contributed by atoms with Crippen molar-refractivity contribution < 1.29 is 9.90 Å². The van der Waals surface area contributed by atoms with E-state index >= 15 is 0 Å². The number of aromatic nitrogens is 1. The molecule has 0 unspecified atom stereocenters. The largest absolute Gasteiger partial charge is 0.393 e. The zero-order chi connectivity index (χ0) is 13.9. The van der Waals surface area contributed by atoms with Gasteiger partial charge in [-0.25, -0.2) is 0 Å². The predicted octanol–water partition coefficient (Wildman–Crippen LogP) is 2.27. The SMILES string of the molecule is O=C(NC1CCC(O)CC1)c1nccc2ccccc12. The number of amides is 1. The van der Waals surface area contributed by atoms with Crippen molar-refractivity contribution in [3.8, 4) is 0 Å². The normalized spacial score (nSPS) is 22.6. The Labute approximate surface area is 117 Å². The molecule has 1 aliphatic carbocycles. The van der Waals surface area contributed by atoms with Crippen molar-refractivity contribution in [3.05, 3.63) is 42.2 Å². The van der Waals surface area contributed by atoms with Crippen LogP contribution in [0.3, 0.4) is 0 Å². The molecule has 2 N–H and O–H groups in total. The van der Waals surface area contributed by atoms with Gasteiger partial charge in [-0.15, -0.1) is 0 Å². The van der Waals surface area contributed by atoms with E-state index in [1.807, 2.05) is 30.3 Å². The number of benzene rings is 1. The van der Waals surface area contributed by atoms with E-state index in [2.05, 4.69) is 10.3 Å². The fraction of sp³-hybridized carbons (Fsp3) is 0.375. The highest BCUT2D eigenvalue weighted by molar-refractivity contribution is 6.05. The van der Waals surface area contributed by atoms with Gasteiger partial charge in [-0.3, -0.25) is 9.78 Å². The number of pyridine rings is 1. The Morgan fingerprint density at radius 1 is 1.15 bits per heavy atom. The molecule has 1 aliphatic rings. The third kappa shape index (κ3) is 2.65. The Bertz CT molecular complexity index is 613. The standard InChI is InChI=1S/C16H18N2O2/c19-13-7-5-12(6-8-13)18-16(20)15-14-4-2-1-3-11(14)9-10-17-15/h1-4,9-10,12-13,19H,5-8H2,(H,18,20). The van der Waals surface area contributed by atoms with Crippen molar-refractivity contribution in [1.82, 2.24) is 10.3 Å². The van der Waals surface area contributed by atoms with E-state index in [0.717, 1.165) is 36.5 Å². The fourth-order valence-electron chi connectivity index (χ4n) is 2.77. The van der Waals surface area contributed by atoms with E-state index < -0.39 is 0 Å². The van der Waals surface area contributed by atoms with Crippen LogP contribution in [-0.4, -0.2) is 28.1 Å². The molecule has 1 heterocycles. The Kier molecular flexibility index (Phi) is 3.65. The van der Waals surface area contributed by atoms with Crippen molar-refractivity contribution in [3.63, 3.8) is 0 Å². The summed E-state index contributed by atoms with van der Waals surface area (Å²) in [5.74, 6) is -0.122. The zero-order valence-electron chi connectivity index (χ0n) is 11.2. The third-order valence-corrected chi connectivity index (χ3v) is 3.92. The van der Waals surface area contributed by atoms with Crippen molar-refractivity contribution in [1.29, 1.82) is 0 Å². The second-order valence-electron chi connectivity index (χ2n) is 5.36. The zero-order valence-corrected chi connectivity index (χ0v) is 11.2. The summed E-state index contributed by atoms with van der Waals surface area (Å²) in [6.45, 7) is 0. The van der Waals surface area contributed by atoms with E-state index in [1.54, 1.807) is 6.20 Å². The van der Waals surface area contributed by atoms with Crippen LogP contribution in [0.15, 0.2) is 36.5 Å². The minimum atomic E-state index is -0.209. The van der Waals surface area contributed by atoms with Crippen LogP contribution in [-0.2, 0) is 0 Å². The van der Waals surface area contributed by atoms with Crippen molar-refractivity contribution >= 4 is 16.7 Å². The van der Waals surface area contributed by atoms with Crippen LogP contribution in [0.25, 0.3) is 10.8 Å². The molecule has 0 radical (unpaired) electrons. The summed E-state index contributed by atoms with van der Waals surface area (Å²) in [5.41, 5.74) is 0.481. The van der Waals surface area contributed by atoms with Crippen LogP contribution < -0.4 is 5.32 Å². The highest BCUT2D eigenvalue weighted by Gasteiger charge is 2.22. The van der Waals surface area contributed by atoms with Gasteiger partial charge >= 0.3 is 0 Å². The Hall–Kier alpha value is -1.94. The first-order valence-corrected chi connectivity index (χ1v) is 7.07. The van der Waals surface area contributed by atoms with Crippen LogP contribution in [0.4, 0.5) is 0 Å². The number of hydrogen-bond acceptors (Lipinski definition) is 3. The van der Waals surface area contributed by atoms with Crippen LogP contribution in [0.5, 0.6) is 0 Å². The molecule has 104 valence electrons. The van der Waals surface area contributed by atoms with Gasteiger partial charge in [-0.05, 0) is 37.1 Å². The minimum Gasteiger partial charge on any atom is -0.393 e. The Morgan fingerprint density at radius 3 is 2.70 bits per heavy atom. The maximum absolute atomic E-state index is 12.4. The molecule has 1 amide bonds. The number of carbonyl (C=O) groups excluding carboxylic acids is 1. The summed E-state index contributed by atoms with van der Waals surface area (Å²) in [7, 11) is 0. The van der Waals surface area contributed by atoms with Gasteiger partial charge in [-0.1, -0.05) is 24.3 Å². The molecule has 0 spiro atoms. The van der Waals surface area contributed by atoms with E-state index in [9.17, 15) is 9.90 Å². The molecule has 0 bridgehead atoms. The number of aliphatic hydroxyl groups is 1. The Morgan fingerprint density at radius 2 is 1.90 bits per heavy atom. The molecule has 2 aromatic rings. The molecule has 1 saturated carbocycles. The smallest absolute Gasteiger partial charge is 0.270 e. The number of nitrogens with one attached hydrogen (secondary N) is 1. The summed E-state index contributed by atoms with van der Waals surface area (Å²) in [6.07, 6.45) is 4.64.